The molecular weight excluding hydrogens is 211 g/mol. The molecule has 1 aromatic carbocycles. The highest BCUT2D eigenvalue weighted by Gasteiger charge is 2.12. The van der Waals surface area contributed by atoms with Crippen LogP contribution in [0.15, 0.2) is 18.2 Å². The first kappa shape index (κ1) is 10.6. The molecule has 0 radical (unpaired) electrons. The molecule has 1 atom stereocenters. The average molecular weight is 221 g/mol. The highest BCUT2D eigenvalue weighted by molar-refractivity contribution is 6.30. The molecule has 0 spiro atoms. The Morgan fingerprint density at radius 2 is 2.23 bits per heavy atom. The summed E-state index contributed by atoms with van der Waals surface area (Å²) in [5.41, 5.74) is 0.616. The van der Waals surface area contributed by atoms with Gasteiger partial charge in [-0.05, 0) is 18.2 Å². The van der Waals surface area contributed by atoms with E-state index in [0.717, 1.165) is 0 Å². The number of rotatable bonds is 3. The van der Waals surface area contributed by atoms with Crippen LogP contribution in [-0.2, 0) is 0 Å². The molecule has 0 bridgehead atoms. The molecule has 2 nitrogen and oxygen atoms in total. The minimum absolute atomic E-state index is 0.122. The Bertz CT molecular complexity index is 289. The van der Waals surface area contributed by atoms with E-state index in [2.05, 4.69) is 0 Å². The second-order valence-electron chi connectivity index (χ2n) is 2.56. The van der Waals surface area contributed by atoms with Gasteiger partial charge in [0.1, 0.15) is 5.75 Å². The van der Waals surface area contributed by atoms with Gasteiger partial charge in [0.2, 0.25) is 0 Å². The third-order valence-corrected chi connectivity index (χ3v) is 2.22. The minimum Gasteiger partial charge on any atom is -0.496 e. The lowest BCUT2D eigenvalue weighted by atomic mass is 10.1. The van der Waals surface area contributed by atoms with Crippen LogP contribution < -0.4 is 4.74 Å². The number of aliphatic hydroxyl groups excluding tert-OH is 1. The Morgan fingerprint density at radius 3 is 2.77 bits per heavy atom. The molecule has 72 valence electrons. The van der Waals surface area contributed by atoms with Gasteiger partial charge in [0.05, 0.1) is 19.1 Å². The molecule has 1 unspecified atom stereocenters. The van der Waals surface area contributed by atoms with E-state index < -0.39 is 6.10 Å². The quantitative estimate of drug-likeness (QED) is 0.795. The molecule has 1 N–H and O–H groups in total. The zero-order valence-electron chi connectivity index (χ0n) is 7.13. The van der Waals surface area contributed by atoms with Crippen molar-refractivity contribution in [1.29, 1.82) is 0 Å². The summed E-state index contributed by atoms with van der Waals surface area (Å²) in [6.07, 6.45) is -0.740. The van der Waals surface area contributed by atoms with Crippen LogP contribution >= 0.6 is 23.2 Å². The second kappa shape index (κ2) is 4.70. The Hall–Kier alpha value is -0.440. The van der Waals surface area contributed by atoms with Gasteiger partial charge >= 0.3 is 0 Å². The number of benzene rings is 1. The molecule has 1 rings (SSSR count). The first-order chi connectivity index (χ1) is 6.19. The van der Waals surface area contributed by atoms with Gasteiger partial charge in [0.15, 0.2) is 0 Å². The van der Waals surface area contributed by atoms with Gasteiger partial charge in [-0.1, -0.05) is 11.6 Å². The number of ether oxygens (including phenoxy) is 1. The highest BCUT2D eigenvalue weighted by Crippen LogP contribution is 2.28. The minimum atomic E-state index is -0.740. The van der Waals surface area contributed by atoms with Gasteiger partial charge in [0, 0.05) is 10.6 Å². The molecule has 4 heteroatoms. The van der Waals surface area contributed by atoms with Crippen LogP contribution in [0, 0.1) is 0 Å². The van der Waals surface area contributed by atoms with Crippen LogP contribution in [0.5, 0.6) is 5.75 Å². The van der Waals surface area contributed by atoms with E-state index in [9.17, 15) is 5.11 Å². The van der Waals surface area contributed by atoms with Crippen molar-refractivity contribution in [2.75, 3.05) is 13.0 Å². The van der Waals surface area contributed by atoms with Gasteiger partial charge in [-0.15, -0.1) is 11.6 Å². The first-order valence-corrected chi connectivity index (χ1v) is 4.67. The van der Waals surface area contributed by atoms with Crippen molar-refractivity contribution in [2.24, 2.45) is 0 Å². The van der Waals surface area contributed by atoms with Gasteiger partial charge in [-0.3, -0.25) is 0 Å². The predicted octanol–water partition coefficient (Wildman–Crippen LogP) is 2.62. The van der Waals surface area contributed by atoms with Crippen LogP contribution in [0.2, 0.25) is 5.02 Å². The lowest BCUT2D eigenvalue weighted by Crippen LogP contribution is -2.01. The zero-order chi connectivity index (χ0) is 9.84. The van der Waals surface area contributed by atoms with Crippen LogP contribution in [-0.4, -0.2) is 18.1 Å². The molecule has 0 aromatic heterocycles. The molecule has 0 saturated carbocycles. The molecule has 0 fully saturated rings. The molecule has 0 aliphatic rings. The molecule has 0 amide bonds. The lowest BCUT2D eigenvalue weighted by Gasteiger charge is -2.12. The Morgan fingerprint density at radius 1 is 1.54 bits per heavy atom. The Kier molecular flexibility index (Phi) is 3.85. The maximum absolute atomic E-state index is 9.50. The standard InChI is InChI=1S/C9H10Cl2O2/c1-13-9-3-2-6(11)4-7(9)8(12)5-10/h2-4,8,12H,5H2,1H3. The van der Waals surface area contributed by atoms with E-state index in [4.69, 9.17) is 27.9 Å². The molecule has 1 aromatic rings. The number of halogens is 2. The number of alkyl halides is 1. The fraction of sp³-hybridized carbons (Fsp3) is 0.333. The van der Waals surface area contributed by atoms with Crippen LogP contribution in [0.3, 0.4) is 0 Å². The molecule has 0 saturated heterocycles. The fourth-order valence-electron chi connectivity index (χ4n) is 1.05. The van der Waals surface area contributed by atoms with Crippen molar-refractivity contribution >= 4 is 23.2 Å². The van der Waals surface area contributed by atoms with Crippen molar-refractivity contribution < 1.29 is 9.84 Å². The molecule has 0 aliphatic carbocycles. The smallest absolute Gasteiger partial charge is 0.124 e. The maximum atomic E-state index is 9.50. The topological polar surface area (TPSA) is 29.5 Å². The zero-order valence-corrected chi connectivity index (χ0v) is 8.64. The van der Waals surface area contributed by atoms with E-state index in [1.54, 1.807) is 18.2 Å². The molecule has 13 heavy (non-hydrogen) atoms. The largest absolute Gasteiger partial charge is 0.496 e. The van der Waals surface area contributed by atoms with E-state index in [-0.39, 0.29) is 5.88 Å². The number of hydrogen-bond donors (Lipinski definition) is 1. The summed E-state index contributed by atoms with van der Waals surface area (Å²) in [7, 11) is 1.54. The average Bonchev–Trinajstić information content (AvgIpc) is 2.16. The van der Waals surface area contributed by atoms with Gasteiger partial charge in [-0.25, -0.2) is 0 Å². The fourth-order valence-corrected chi connectivity index (χ4v) is 1.40. The summed E-state index contributed by atoms with van der Waals surface area (Å²) < 4.78 is 5.05. The van der Waals surface area contributed by atoms with E-state index in [1.165, 1.54) is 7.11 Å². The van der Waals surface area contributed by atoms with Crippen molar-refractivity contribution in [3.05, 3.63) is 28.8 Å². The van der Waals surface area contributed by atoms with Gasteiger partial charge in [0.25, 0.3) is 0 Å². The first-order valence-electron chi connectivity index (χ1n) is 3.76. The summed E-state index contributed by atoms with van der Waals surface area (Å²) in [5.74, 6) is 0.717. The molecule has 0 heterocycles. The third-order valence-electron chi connectivity index (χ3n) is 1.70. The predicted molar refractivity (Wildman–Crippen MR) is 53.7 cm³/mol. The summed E-state index contributed by atoms with van der Waals surface area (Å²) >= 11 is 11.3. The van der Waals surface area contributed by atoms with E-state index in [1.807, 2.05) is 0 Å². The van der Waals surface area contributed by atoms with Crippen LogP contribution in [0.25, 0.3) is 0 Å². The van der Waals surface area contributed by atoms with Crippen LogP contribution in [0.1, 0.15) is 11.7 Å². The summed E-state index contributed by atoms with van der Waals surface area (Å²) in [6.45, 7) is 0. The van der Waals surface area contributed by atoms with Crippen molar-refractivity contribution in [1.82, 2.24) is 0 Å². The van der Waals surface area contributed by atoms with Crippen molar-refractivity contribution in [3.63, 3.8) is 0 Å². The number of hydrogen-bond acceptors (Lipinski definition) is 2. The monoisotopic (exact) mass is 220 g/mol. The van der Waals surface area contributed by atoms with Crippen molar-refractivity contribution in [3.8, 4) is 5.75 Å². The third kappa shape index (κ3) is 2.50. The number of aliphatic hydroxyl groups is 1. The van der Waals surface area contributed by atoms with E-state index in [0.29, 0.717) is 16.3 Å². The molecular formula is C9H10Cl2O2. The summed E-state index contributed by atoms with van der Waals surface area (Å²) in [4.78, 5) is 0. The maximum Gasteiger partial charge on any atom is 0.124 e. The SMILES string of the molecule is COc1ccc(Cl)cc1C(O)CCl. The summed E-state index contributed by atoms with van der Waals surface area (Å²) in [6, 6.07) is 5.05. The van der Waals surface area contributed by atoms with Crippen LogP contribution in [0.4, 0.5) is 0 Å². The van der Waals surface area contributed by atoms with Crippen molar-refractivity contribution in [2.45, 2.75) is 6.10 Å². The van der Waals surface area contributed by atoms with Gasteiger partial charge < -0.3 is 9.84 Å². The molecule has 0 aliphatic heterocycles. The Labute approximate surface area is 87.0 Å². The lowest BCUT2D eigenvalue weighted by molar-refractivity contribution is 0.197. The number of methoxy groups -OCH3 is 1. The summed E-state index contributed by atoms with van der Waals surface area (Å²) in [5, 5.41) is 10.1. The highest BCUT2D eigenvalue weighted by atomic mass is 35.5. The Balaban J connectivity index is 3.07. The second-order valence-corrected chi connectivity index (χ2v) is 3.30. The van der Waals surface area contributed by atoms with Gasteiger partial charge in [-0.2, -0.15) is 0 Å². The normalized spacial score (nSPS) is 12.6. The van der Waals surface area contributed by atoms with E-state index >= 15 is 0 Å².